The molecule has 5 heteroatoms. The molecular weight excluding hydrogens is 232 g/mol. The Bertz CT molecular complexity index is 424. The predicted molar refractivity (Wildman–Crippen MR) is 67.6 cm³/mol. The number of aromatic nitrogens is 1. The van der Waals surface area contributed by atoms with Gasteiger partial charge in [-0.15, -0.1) is 0 Å². The highest BCUT2D eigenvalue weighted by Gasteiger charge is 2.15. The average molecular weight is 250 g/mol. The highest BCUT2D eigenvalue weighted by Crippen LogP contribution is 2.07. The third-order valence-corrected chi connectivity index (χ3v) is 2.10. The topological polar surface area (TPSA) is 68.3 Å². The molecule has 0 fully saturated rings. The van der Waals surface area contributed by atoms with Gasteiger partial charge in [-0.3, -0.25) is 9.78 Å². The van der Waals surface area contributed by atoms with E-state index in [2.05, 4.69) is 10.3 Å². The van der Waals surface area contributed by atoms with Gasteiger partial charge in [0.1, 0.15) is 11.3 Å². The molecule has 0 unspecified atom stereocenters. The number of amides is 1. The fourth-order valence-corrected chi connectivity index (χ4v) is 1.38. The highest BCUT2D eigenvalue weighted by atomic mass is 16.6. The van der Waals surface area contributed by atoms with E-state index >= 15 is 0 Å². The first-order valence-corrected chi connectivity index (χ1v) is 5.78. The summed E-state index contributed by atoms with van der Waals surface area (Å²) in [5.74, 6) is 0. The van der Waals surface area contributed by atoms with Crippen LogP contribution in [0.3, 0.4) is 0 Å². The van der Waals surface area contributed by atoms with Gasteiger partial charge in [-0.05, 0) is 38.8 Å². The molecular formula is C13H18N2O3. The number of aldehydes is 1. The summed E-state index contributed by atoms with van der Waals surface area (Å²) in [4.78, 5) is 26.1. The molecule has 1 N–H and O–H groups in total. The maximum atomic E-state index is 11.4. The van der Waals surface area contributed by atoms with E-state index in [0.717, 1.165) is 5.56 Å². The van der Waals surface area contributed by atoms with Gasteiger partial charge in [-0.2, -0.15) is 0 Å². The maximum Gasteiger partial charge on any atom is 0.407 e. The van der Waals surface area contributed by atoms with Crippen molar-refractivity contribution in [2.75, 3.05) is 6.54 Å². The van der Waals surface area contributed by atoms with Gasteiger partial charge < -0.3 is 10.1 Å². The fraction of sp³-hybridized carbons (Fsp3) is 0.462. The van der Waals surface area contributed by atoms with Gasteiger partial charge in [0.15, 0.2) is 6.29 Å². The Labute approximate surface area is 107 Å². The van der Waals surface area contributed by atoms with Crippen molar-refractivity contribution in [2.45, 2.75) is 32.8 Å². The molecule has 18 heavy (non-hydrogen) atoms. The third kappa shape index (κ3) is 4.95. The first-order chi connectivity index (χ1) is 8.42. The number of carbonyl (C=O) groups excluding carboxylic acids is 2. The summed E-state index contributed by atoms with van der Waals surface area (Å²) in [7, 11) is 0. The van der Waals surface area contributed by atoms with Crippen molar-refractivity contribution in [2.24, 2.45) is 0 Å². The Morgan fingerprint density at radius 1 is 1.50 bits per heavy atom. The zero-order chi connectivity index (χ0) is 13.6. The van der Waals surface area contributed by atoms with Gasteiger partial charge in [0.05, 0.1) is 0 Å². The maximum absolute atomic E-state index is 11.4. The van der Waals surface area contributed by atoms with Gasteiger partial charge in [-0.1, -0.05) is 6.07 Å². The van der Waals surface area contributed by atoms with Crippen LogP contribution in [0.4, 0.5) is 4.79 Å². The molecule has 98 valence electrons. The molecule has 1 amide bonds. The molecule has 1 aromatic rings. The van der Waals surface area contributed by atoms with E-state index in [0.29, 0.717) is 24.9 Å². The molecule has 0 aliphatic carbocycles. The molecule has 0 aliphatic rings. The number of nitrogens with one attached hydrogen (secondary N) is 1. The Hall–Kier alpha value is -1.91. The first kappa shape index (κ1) is 14.2. The molecule has 0 radical (unpaired) electrons. The summed E-state index contributed by atoms with van der Waals surface area (Å²) >= 11 is 0. The van der Waals surface area contributed by atoms with E-state index in [4.69, 9.17) is 4.74 Å². The van der Waals surface area contributed by atoms with E-state index in [9.17, 15) is 9.59 Å². The van der Waals surface area contributed by atoms with Gasteiger partial charge in [-0.25, -0.2) is 4.79 Å². The largest absolute Gasteiger partial charge is 0.444 e. The minimum absolute atomic E-state index is 0.404. The standard InChI is InChI=1S/C13H18N2O3/c1-13(2,3)18-12(17)15-8-6-10-5-4-7-14-11(10)9-16/h4-5,7,9H,6,8H2,1-3H3,(H,15,17). The number of pyridine rings is 1. The molecule has 0 bridgehead atoms. The molecule has 0 saturated carbocycles. The lowest BCUT2D eigenvalue weighted by Gasteiger charge is -2.19. The average Bonchev–Trinajstić information content (AvgIpc) is 2.27. The van der Waals surface area contributed by atoms with Gasteiger partial charge >= 0.3 is 6.09 Å². The van der Waals surface area contributed by atoms with Crippen LogP contribution in [0.5, 0.6) is 0 Å². The molecule has 1 rings (SSSR count). The van der Waals surface area contributed by atoms with E-state index in [1.807, 2.05) is 6.07 Å². The van der Waals surface area contributed by atoms with Crippen LogP contribution in [0.15, 0.2) is 18.3 Å². The predicted octanol–water partition coefficient (Wildman–Crippen LogP) is 1.96. The number of carbonyl (C=O) groups is 2. The van der Waals surface area contributed by atoms with Crippen molar-refractivity contribution in [3.05, 3.63) is 29.6 Å². The lowest BCUT2D eigenvalue weighted by Crippen LogP contribution is -2.33. The first-order valence-electron chi connectivity index (χ1n) is 5.78. The fourth-order valence-electron chi connectivity index (χ4n) is 1.38. The van der Waals surface area contributed by atoms with Crippen LogP contribution >= 0.6 is 0 Å². The zero-order valence-corrected chi connectivity index (χ0v) is 10.9. The molecule has 5 nitrogen and oxygen atoms in total. The Kier molecular flexibility index (Phi) is 4.83. The van der Waals surface area contributed by atoms with E-state index in [1.54, 1.807) is 33.0 Å². The number of nitrogens with zero attached hydrogens (tertiary/aromatic N) is 1. The minimum Gasteiger partial charge on any atom is -0.444 e. The van der Waals surface area contributed by atoms with Crippen LogP contribution < -0.4 is 5.32 Å². The monoisotopic (exact) mass is 250 g/mol. The summed E-state index contributed by atoms with van der Waals surface area (Å²) < 4.78 is 5.10. The van der Waals surface area contributed by atoms with Gasteiger partial charge in [0.2, 0.25) is 0 Å². The molecule has 0 saturated heterocycles. The molecule has 0 atom stereocenters. The summed E-state index contributed by atoms with van der Waals surface area (Å²) in [5, 5.41) is 2.63. The number of ether oxygens (including phenoxy) is 1. The second-order valence-corrected chi connectivity index (χ2v) is 4.84. The van der Waals surface area contributed by atoms with Crippen LogP contribution in [0.2, 0.25) is 0 Å². The zero-order valence-electron chi connectivity index (χ0n) is 10.9. The Morgan fingerprint density at radius 3 is 2.83 bits per heavy atom. The molecule has 0 aliphatic heterocycles. The molecule has 1 aromatic heterocycles. The number of alkyl carbamates (subject to hydrolysis) is 1. The summed E-state index contributed by atoms with van der Waals surface area (Å²) in [6.07, 6.45) is 2.36. The molecule has 0 aromatic carbocycles. The van der Waals surface area contributed by atoms with Crippen molar-refractivity contribution in [3.8, 4) is 0 Å². The SMILES string of the molecule is CC(C)(C)OC(=O)NCCc1cccnc1C=O. The quantitative estimate of drug-likeness (QED) is 0.829. The lowest BCUT2D eigenvalue weighted by molar-refractivity contribution is 0.0528. The smallest absolute Gasteiger partial charge is 0.407 e. The minimum atomic E-state index is -0.508. The van der Waals surface area contributed by atoms with E-state index in [1.165, 1.54) is 0 Å². The Morgan fingerprint density at radius 2 is 2.22 bits per heavy atom. The van der Waals surface area contributed by atoms with Crippen molar-refractivity contribution in [1.82, 2.24) is 10.3 Å². The van der Waals surface area contributed by atoms with Crippen molar-refractivity contribution < 1.29 is 14.3 Å². The second kappa shape index (κ2) is 6.14. The van der Waals surface area contributed by atoms with Crippen molar-refractivity contribution >= 4 is 12.4 Å². The molecule has 1 heterocycles. The number of rotatable bonds is 4. The van der Waals surface area contributed by atoms with Crippen LogP contribution in [-0.4, -0.2) is 29.5 Å². The van der Waals surface area contributed by atoms with Crippen LogP contribution in [0.1, 0.15) is 36.8 Å². The number of hydrogen-bond donors (Lipinski definition) is 1. The van der Waals surface area contributed by atoms with Crippen molar-refractivity contribution in [3.63, 3.8) is 0 Å². The lowest BCUT2D eigenvalue weighted by atomic mass is 10.1. The van der Waals surface area contributed by atoms with Crippen LogP contribution in [0, 0.1) is 0 Å². The normalized spacial score (nSPS) is 10.8. The summed E-state index contributed by atoms with van der Waals surface area (Å²) in [6.45, 7) is 5.82. The van der Waals surface area contributed by atoms with Crippen LogP contribution in [0.25, 0.3) is 0 Å². The highest BCUT2D eigenvalue weighted by molar-refractivity contribution is 5.74. The Balaban J connectivity index is 2.42. The van der Waals surface area contributed by atoms with Gasteiger partial charge in [0, 0.05) is 12.7 Å². The number of hydrogen-bond acceptors (Lipinski definition) is 4. The summed E-state index contributed by atoms with van der Waals surface area (Å²) in [5.41, 5.74) is 0.707. The van der Waals surface area contributed by atoms with Crippen LogP contribution in [-0.2, 0) is 11.2 Å². The molecule has 0 spiro atoms. The van der Waals surface area contributed by atoms with Gasteiger partial charge in [0.25, 0.3) is 0 Å². The summed E-state index contributed by atoms with van der Waals surface area (Å²) in [6, 6.07) is 3.57. The van der Waals surface area contributed by atoms with E-state index in [-0.39, 0.29) is 0 Å². The second-order valence-electron chi connectivity index (χ2n) is 4.84. The third-order valence-electron chi connectivity index (χ3n) is 2.10. The van der Waals surface area contributed by atoms with E-state index < -0.39 is 11.7 Å². The van der Waals surface area contributed by atoms with Crippen molar-refractivity contribution in [1.29, 1.82) is 0 Å².